The van der Waals surface area contributed by atoms with Gasteiger partial charge in [0, 0.05) is 43.4 Å². The largest absolute Gasteiger partial charge is 0.350 e. The highest BCUT2D eigenvalue weighted by atomic mass is 16.2. The van der Waals surface area contributed by atoms with Crippen LogP contribution in [0.1, 0.15) is 28.8 Å². The lowest BCUT2D eigenvalue weighted by atomic mass is 10.1. The molecule has 5 heteroatoms. The Balaban J connectivity index is 1.44. The molecule has 1 aromatic carbocycles. The van der Waals surface area contributed by atoms with Crippen LogP contribution in [-0.2, 0) is 13.1 Å². The van der Waals surface area contributed by atoms with Crippen LogP contribution in [0.5, 0.6) is 0 Å². The highest BCUT2D eigenvalue weighted by Gasteiger charge is 2.29. The number of carbonyl (C=O) groups is 1. The van der Waals surface area contributed by atoms with Gasteiger partial charge in [-0.15, -0.1) is 0 Å². The molecular formula is C20H22N4O. The molecular weight excluding hydrogens is 312 g/mol. The molecule has 0 saturated carbocycles. The van der Waals surface area contributed by atoms with Crippen LogP contribution in [-0.4, -0.2) is 37.7 Å². The first-order valence-corrected chi connectivity index (χ1v) is 8.78. The summed E-state index contributed by atoms with van der Waals surface area (Å²) >= 11 is 0. The van der Waals surface area contributed by atoms with Crippen molar-refractivity contribution in [3.8, 4) is 0 Å². The summed E-state index contributed by atoms with van der Waals surface area (Å²) in [5, 5.41) is 4.27. The third-order valence-electron chi connectivity index (χ3n) is 4.83. The second-order valence-electron chi connectivity index (χ2n) is 6.58. The maximum Gasteiger partial charge on any atom is 0.254 e. The van der Waals surface area contributed by atoms with Gasteiger partial charge in [0.2, 0.25) is 0 Å². The van der Waals surface area contributed by atoms with Gasteiger partial charge in [0.25, 0.3) is 5.91 Å². The van der Waals surface area contributed by atoms with E-state index in [1.165, 1.54) is 5.56 Å². The number of likely N-dealkylation sites (tertiary alicyclic amines) is 1. The summed E-state index contributed by atoms with van der Waals surface area (Å²) in [5.74, 6) is 0.127. The fourth-order valence-corrected chi connectivity index (χ4v) is 3.52. The van der Waals surface area contributed by atoms with Crippen LogP contribution in [0.15, 0.2) is 67.3 Å². The molecule has 0 aliphatic carbocycles. The molecule has 1 unspecified atom stereocenters. The Labute approximate surface area is 147 Å². The van der Waals surface area contributed by atoms with Crippen molar-refractivity contribution in [1.82, 2.24) is 19.2 Å². The van der Waals surface area contributed by atoms with Crippen LogP contribution < -0.4 is 0 Å². The van der Waals surface area contributed by atoms with Crippen molar-refractivity contribution in [3.63, 3.8) is 0 Å². The molecule has 0 N–H and O–H groups in total. The maximum absolute atomic E-state index is 12.9. The molecule has 3 aromatic rings. The first kappa shape index (κ1) is 15.7. The number of hydrogen-bond acceptors (Lipinski definition) is 2. The molecule has 1 fully saturated rings. The zero-order chi connectivity index (χ0) is 17.1. The molecule has 2 aromatic heterocycles. The van der Waals surface area contributed by atoms with Crippen molar-refractivity contribution in [2.24, 2.45) is 0 Å². The van der Waals surface area contributed by atoms with E-state index in [0.717, 1.165) is 38.0 Å². The first-order valence-electron chi connectivity index (χ1n) is 8.78. The Bertz CT molecular complexity index is 806. The van der Waals surface area contributed by atoms with Crippen LogP contribution in [0.25, 0.3) is 0 Å². The van der Waals surface area contributed by atoms with Crippen LogP contribution in [0.2, 0.25) is 0 Å². The van der Waals surface area contributed by atoms with Crippen molar-refractivity contribution < 1.29 is 4.79 Å². The van der Waals surface area contributed by atoms with Gasteiger partial charge in [-0.2, -0.15) is 5.10 Å². The molecule has 25 heavy (non-hydrogen) atoms. The predicted molar refractivity (Wildman–Crippen MR) is 96.3 cm³/mol. The molecule has 4 rings (SSSR count). The van der Waals surface area contributed by atoms with E-state index >= 15 is 0 Å². The van der Waals surface area contributed by atoms with E-state index in [-0.39, 0.29) is 11.9 Å². The lowest BCUT2D eigenvalue weighted by Crippen LogP contribution is -2.38. The molecule has 0 bridgehead atoms. The molecule has 128 valence electrons. The summed E-state index contributed by atoms with van der Waals surface area (Å²) in [7, 11) is 0. The number of hydrogen-bond donors (Lipinski definition) is 0. The third kappa shape index (κ3) is 3.50. The van der Waals surface area contributed by atoms with Gasteiger partial charge < -0.3 is 9.47 Å². The zero-order valence-corrected chi connectivity index (χ0v) is 14.2. The molecule has 0 radical (unpaired) electrons. The highest BCUT2D eigenvalue weighted by molar-refractivity contribution is 5.94. The second kappa shape index (κ2) is 6.97. The summed E-state index contributed by atoms with van der Waals surface area (Å²) in [6.45, 7) is 2.42. The lowest BCUT2D eigenvalue weighted by molar-refractivity contribution is 0.0721. The topological polar surface area (TPSA) is 43.1 Å². The van der Waals surface area contributed by atoms with Gasteiger partial charge >= 0.3 is 0 Å². The minimum absolute atomic E-state index is 0.127. The van der Waals surface area contributed by atoms with Crippen molar-refractivity contribution in [2.45, 2.75) is 32.0 Å². The average molecular weight is 334 g/mol. The molecule has 1 aliphatic rings. The SMILES string of the molecule is O=C(c1ccc(Cn2cccc2)cc1)N1CCCC1Cn1cccn1. The zero-order valence-electron chi connectivity index (χ0n) is 14.2. The Morgan fingerprint density at radius 2 is 1.88 bits per heavy atom. The summed E-state index contributed by atoms with van der Waals surface area (Å²) in [5.41, 5.74) is 1.96. The minimum Gasteiger partial charge on any atom is -0.350 e. The van der Waals surface area contributed by atoms with Crippen LogP contribution >= 0.6 is 0 Å². The monoisotopic (exact) mass is 334 g/mol. The standard InChI is InChI=1S/C20H22N4O/c25-20(24-14-3-5-19(24)16-23-13-4-10-21-23)18-8-6-17(7-9-18)15-22-11-1-2-12-22/h1-2,4,6-13,19H,3,5,14-16H2. The summed E-state index contributed by atoms with van der Waals surface area (Å²) in [6.07, 6.45) is 9.93. The fourth-order valence-electron chi connectivity index (χ4n) is 3.52. The Morgan fingerprint density at radius 1 is 1.08 bits per heavy atom. The molecule has 1 saturated heterocycles. The number of nitrogens with zero attached hydrogens (tertiary/aromatic N) is 4. The molecule has 5 nitrogen and oxygen atoms in total. The summed E-state index contributed by atoms with van der Waals surface area (Å²) in [6, 6.07) is 14.2. The van der Waals surface area contributed by atoms with Gasteiger partial charge in [0.05, 0.1) is 12.6 Å². The van der Waals surface area contributed by atoms with Gasteiger partial charge in [-0.1, -0.05) is 12.1 Å². The number of rotatable bonds is 5. The average Bonchev–Trinajstić information content (AvgIpc) is 3.38. The van der Waals surface area contributed by atoms with Crippen LogP contribution in [0.4, 0.5) is 0 Å². The molecule has 3 heterocycles. The van der Waals surface area contributed by atoms with Gasteiger partial charge in [-0.25, -0.2) is 0 Å². The molecule has 1 atom stereocenters. The van der Waals surface area contributed by atoms with E-state index < -0.39 is 0 Å². The number of benzene rings is 1. The molecule has 0 spiro atoms. The summed E-state index contributed by atoms with van der Waals surface area (Å²) < 4.78 is 4.04. The van der Waals surface area contributed by atoms with E-state index in [4.69, 9.17) is 0 Å². The van der Waals surface area contributed by atoms with Crippen molar-refractivity contribution in [3.05, 3.63) is 78.4 Å². The second-order valence-corrected chi connectivity index (χ2v) is 6.58. The number of carbonyl (C=O) groups excluding carboxylic acids is 1. The van der Waals surface area contributed by atoms with Gasteiger partial charge in [-0.3, -0.25) is 9.48 Å². The minimum atomic E-state index is 0.127. The molecule has 1 aliphatic heterocycles. The van der Waals surface area contributed by atoms with E-state index in [0.29, 0.717) is 0 Å². The van der Waals surface area contributed by atoms with Gasteiger partial charge in [0.1, 0.15) is 0 Å². The van der Waals surface area contributed by atoms with Gasteiger partial charge in [0.15, 0.2) is 0 Å². The van der Waals surface area contributed by atoms with Crippen molar-refractivity contribution in [2.75, 3.05) is 6.54 Å². The fraction of sp³-hybridized carbons (Fsp3) is 0.300. The maximum atomic E-state index is 12.9. The summed E-state index contributed by atoms with van der Waals surface area (Å²) in [4.78, 5) is 14.9. The smallest absolute Gasteiger partial charge is 0.254 e. The Kier molecular flexibility index (Phi) is 4.37. The Morgan fingerprint density at radius 3 is 2.60 bits per heavy atom. The van der Waals surface area contributed by atoms with E-state index in [1.54, 1.807) is 6.20 Å². The third-order valence-corrected chi connectivity index (χ3v) is 4.83. The lowest BCUT2D eigenvalue weighted by Gasteiger charge is -2.25. The van der Waals surface area contributed by atoms with Gasteiger partial charge in [-0.05, 0) is 48.7 Å². The van der Waals surface area contributed by atoms with E-state index in [2.05, 4.69) is 9.67 Å². The first-order chi connectivity index (χ1) is 12.3. The number of aromatic nitrogens is 3. The van der Waals surface area contributed by atoms with Crippen molar-refractivity contribution in [1.29, 1.82) is 0 Å². The van der Waals surface area contributed by atoms with Crippen LogP contribution in [0.3, 0.4) is 0 Å². The number of amides is 1. The van der Waals surface area contributed by atoms with Crippen LogP contribution in [0, 0.1) is 0 Å². The predicted octanol–water partition coefficient (Wildman–Crippen LogP) is 3.04. The molecule has 1 amide bonds. The quantitative estimate of drug-likeness (QED) is 0.720. The highest BCUT2D eigenvalue weighted by Crippen LogP contribution is 2.21. The van der Waals surface area contributed by atoms with Crippen molar-refractivity contribution >= 4 is 5.91 Å². The normalized spacial score (nSPS) is 17.1. The van der Waals surface area contributed by atoms with E-state index in [1.807, 2.05) is 70.6 Å². The Hall–Kier alpha value is -2.82. The van der Waals surface area contributed by atoms with E-state index in [9.17, 15) is 4.79 Å².